The minimum absolute atomic E-state index is 0.000606. The van der Waals surface area contributed by atoms with Crippen molar-refractivity contribution in [3.8, 4) is 11.6 Å². The molecule has 0 radical (unpaired) electrons. The monoisotopic (exact) mass is 498 g/mol. The molecule has 2 aromatic carbocycles. The van der Waals surface area contributed by atoms with Crippen molar-refractivity contribution in [3.05, 3.63) is 76.6 Å². The third-order valence-electron chi connectivity index (χ3n) is 4.67. The van der Waals surface area contributed by atoms with E-state index in [1.807, 2.05) is 0 Å². The van der Waals surface area contributed by atoms with Gasteiger partial charge in [-0.1, -0.05) is 23.7 Å². The van der Waals surface area contributed by atoms with E-state index >= 15 is 0 Å². The molecular formula is C24H20ClFN4O5. The van der Waals surface area contributed by atoms with E-state index in [0.717, 1.165) is 17.0 Å². The fraction of sp³-hybridized carbons (Fsp3) is 0.167. The first-order chi connectivity index (χ1) is 16.5. The van der Waals surface area contributed by atoms with E-state index in [1.165, 1.54) is 30.3 Å². The van der Waals surface area contributed by atoms with E-state index in [-0.39, 0.29) is 39.3 Å². The molecule has 0 saturated carbocycles. The minimum Gasteiger partial charge on any atom is -0.443 e. The number of benzene rings is 2. The number of hydrogen-bond donors (Lipinski definition) is 2. The number of pyridine rings is 1. The largest absolute Gasteiger partial charge is 0.443 e. The Kier molecular flexibility index (Phi) is 6.31. The van der Waals surface area contributed by atoms with Gasteiger partial charge in [-0.3, -0.25) is 15.0 Å². The summed E-state index contributed by atoms with van der Waals surface area (Å²) in [5.74, 6) is -2.01. The maximum absolute atomic E-state index is 13.8. The van der Waals surface area contributed by atoms with Crippen LogP contribution in [0.5, 0.6) is 11.6 Å². The van der Waals surface area contributed by atoms with E-state index in [2.05, 4.69) is 15.8 Å². The van der Waals surface area contributed by atoms with E-state index in [1.54, 1.807) is 32.9 Å². The zero-order valence-corrected chi connectivity index (χ0v) is 19.6. The number of ether oxygens (including phenoxy) is 2. The maximum atomic E-state index is 13.8. The molecule has 2 N–H and O–H groups in total. The summed E-state index contributed by atoms with van der Waals surface area (Å²) < 4.78 is 24.7. The summed E-state index contributed by atoms with van der Waals surface area (Å²) in [5.41, 5.74) is 4.61. The summed E-state index contributed by atoms with van der Waals surface area (Å²) in [6.45, 7) is 5.11. The average molecular weight is 499 g/mol. The van der Waals surface area contributed by atoms with Gasteiger partial charge in [0.05, 0.1) is 16.1 Å². The molecule has 2 heterocycles. The predicted molar refractivity (Wildman–Crippen MR) is 126 cm³/mol. The van der Waals surface area contributed by atoms with Crippen LogP contribution in [0.1, 0.15) is 41.5 Å². The minimum atomic E-state index is -0.764. The van der Waals surface area contributed by atoms with Crippen molar-refractivity contribution in [3.63, 3.8) is 0 Å². The van der Waals surface area contributed by atoms with Crippen LogP contribution in [0.2, 0.25) is 5.02 Å². The maximum Gasteiger partial charge on any atom is 0.426 e. The second-order valence-electron chi connectivity index (χ2n) is 8.44. The first-order valence-corrected chi connectivity index (χ1v) is 10.8. The molecule has 9 nitrogen and oxygen atoms in total. The van der Waals surface area contributed by atoms with Crippen molar-refractivity contribution < 1.29 is 28.2 Å². The van der Waals surface area contributed by atoms with Gasteiger partial charge in [0.2, 0.25) is 5.88 Å². The molecule has 0 spiro atoms. The summed E-state index contributed by atoms with van der Waals surface area (Å²) in [6.07, 6.45) is -0.764. The van der Waals surface area contributed by atoms with Gasteiger partial charge in [0, 0.05) is 6.07 Å². The molecule has 180 valence electrons. The van der Waals surface area contributed by atoms with E-state index in [4.69, 9.17) is 21.1 Å². The summed E-state index contributed by atoms with van der Waals surface area (Å²) in [7, 11) is 0. The number of anilines is 2. The highest BCUT2D eigenvalue weighted by atomic mass is 35.5. The smallest absolute Gasteiger partial charge is 0.426 e. The van der Waals surface area contributed by atoms with Gasteiger partial charge >= 0.3 is 6.09 Å². The van der Waals surface area contributed by atoms with Crippen molar-refractivity contribution >= 4 is 41.0 Å². The number of fused-ring (bicyclic) bond motifs is 1. The van der Waals surface area contributed by atoms with Gasteiger partial charge in [-0.2, -0.15) is 4.98 Å². The predicted octanol–water partition coefficient (Wildman–Crippen LogP) is 5.32. The number of rotatable bonds is 5. The Bertz CT molecular complexity index is 1310. The molecule has 3 amide bonds. The van der Waals surface area contributed by atoms with Gasteiger partial charge in [0.15, 0.2) is 5.75 Å². The normalized spacial score (nSPS) is 12.9. The van der Waals surface area contributed by atoms with Gasteiger partial charge in [-0.25, -0.2) is 19.5 Å². The SMILES string of the molecule is CC(C)(C)OC(=O)NNc1ccc(N2C(=O)c3ccccc3C2=O)c(Oc2cc(F)ccc2Cl)n1. The highest BCUT2D eigenvalue weighted by molar-refractivity contribution is 6.35. The molecule has 1 aliphatic rings. The second kappa shape index (κ2) is 9.22. The van der Waals surface area contributed by atoms with Gasteiger partial charge < -0.3 is 9.47 Å². The van der Waals surface area contributed by atoms with E-state index in [0.29, 0.717) is 0 Å². The zero-order chi connectivity index (χ0) is 25.3. The van der Waals surface area contributed by atoms with Crippen LogP contribution in [0.4, 0.5) is 20.7 Å². The lowest BCUT2D eigenvalue weighted by molar-refractivity contribution is 0.0540. The van der Waals surface area contributed by atoms with Crippen molar-refractivity contribution in [2.24, 2.45) is 0 Å². The van der Waals surface area contributed by atoms with E-state index < -0.39 is 29.3 Å². The van der Waals surface area contributed by atoms with Gasteiger partial charge in [0.1, 0.15) is 22.9 Å². The molecular weight excluding hydrogens is 479 g/mol. The molecule has 0 fully saturated rings. The highest BCUT2D eigenvalue weighted by Crippen LogP contribution is 2.38. The number of carbonyl (C=O) groups excluding carboxylic acids is 3. The fourth-order valence-corrected chi connectivity index (χ4v) is 3.39. The molecule has 35 heavy (non-hydrogen) atoms. The topological polar surface area (TPSA) is 110 Å². The number of aromatic nitrogens is 1. The molecule has 3 aromatic rings. The molecule has 0 aliphatic carbocycles. The summed E-state index contributed by atoms with van der Waals surface area (Å²) in [4.78, 5) is 43.2. The molecule has 0 saturated heterocycles. The number of hydrazine groups is 1. The third-order valence-corrected chi connectivity index (χ3v) is 4.98. The number of nitrogens with zero attached hydrogens (tertiary/aromatic N) is 2. The zero-order valence-electron chi connectivity index (χ0n) is 18.9. The van der Waals surface area contributed by atoms with Crippen LogP contribution in [-0.2, 0) is 4.74 Å². The van der Waals surface area contributed by atoms with Crippen molar-refractivity contribution in [2.75, 3.05) is 10.3 Å². The van der Waals surface area contributed by atoms with Crippen LogP contribution >= 0.6 is 11.6 Å². The van der Waals surface area contributed by atoms with Crippen molar-refractivity contribution in [1.29, 1.82) is 0 Å². The third kappa shape index (κ3) is 5.17. The summed E-state index contributed by atoms with van der Waals surface area (Å²) >= 11 is 6.14. The lowest BCUT2D eigenvalue weighted by atomic mass is 10.1. The average Bonchev–Trinajstić information content (AvgIpc) is 3.04. The molecule has 1 aliphatic heterocycles. The lowest BCUT2D eigenvalue weighted by Gasteiger charge is -2.21. The second-order valence-corrected chi connectivity index (χ2v) is 8.85. The Labute approximate surface area is 204 Å². The fourth-order valence-electron chi connectivity index (χ4n) is 3.23. The molecule has 11 heteroatoms. The number of halogens is 2. The Hall–Kier alpha value is -4.18. The van der Waals surface area contributed by atoms with Crippen LogP contribution in [-0.4, -0.2) is 28.5 Å². The first kappa shape index (κ1) is 24.0. The molecule has 0 unspecified atom stereocenters. The molecule has 1 aromatic heterocycles. The standard InChI is InChI=1S/C24H20ClFN4O5/c1-24(2,3)35-23(33)29-28-19-11-10-17(20(27-19)34-18-12-13(26)8-9-16(18)25)30-21(31)14-6-4-5-7-15(14)22(30)32/h4-12H,1-3H3,(H,27,28)(H,29,33). The highest BCUT2D eigenvalue weighted by Gasteiger charge is 2.38. The number of carbonyl (C=O) groups is 3. The number of amides is 3. The molecule has 4 rings (SSSR count). The quantitative estimate of drug-likeness (QED) is 0.362. The number of nitrogens with one attached hydrogen (secondary N) is 2. The van der Waals surface area contributed by atoms with Crippen LogP contribution < -0.4 is 20.5 Å². The van der Waals surface area contributed by atoms with Gasteiger partial charge in [0.25, 0.3) is 11.8 Å². The molecule has 0 bridgehead atoms. The van der Waals surface area contributed by atoms with Crippen LogP contribution in [0.25, 0.3) is 0 Å². The lowest BCUT2D eigenvalue weighted by Crippen LogP contribution is -2.36. The van der Waals surface area contributed by atoms with Gasteiger partial charge in [-0.05, 0) is 57.2 Å². The van der Waals surface area contributed by atoms with Crippen LogP contribution in [0, 0.1) is 5.82 Å². The van der Waals surface area contributed by atoms with Crippen molar-refractivity contribution in [1.82, 2.24) is 10.4 Å². The van der Waals surface area contributed by atoms with Crippen LogP contribution in [0.3, 0.4) is 0 Å². The number of imide groups is 1. The summed E-state index contributed by atoms with van der Waals surface area (Å²) in [5, 5.41) is 0.0757. The Balaban J connectivity index is 1.69. The Morgan fingerprint density at radius 1 is 1.03 bits per heavy atom. The Morgan fingerprint density at radius 3 is 2.31 bits per heavy atom. The number of hydrogen-bond acceptors (Lipinski definition) is 7. The summed E-state index contributed by atoms with van der Waals surface area (Å²) in [6, 6.07) is 12.6. The van der Waals surface area contributed by atoms with Crippen LogP contribution in [0.15, 0.2) is 54.6 Å². The molecule has 0 atom stereocenters. The van der Waals surface area contributed by atoms with Gasteiger partial charge in [-0.15, -0.1) is 0 Å². The van der Waals surface area contributed by atoms with E-state index in [9.17, 15) is 18.8 Å². The first-order valence-electron chi connectivity index (χ1n) is 10.4. The Morgan fingerprint density at radius 2 is 1.69 bits per heavy atom. The van der Waals surface area contributed by atoms with Crippen molar-refractivity contribution in [2.45, 2.75) is 26.4 Å².